The third kappa shape index (κ3) is 4.76. The summed E-state index contributed by atoms with van der Waals surface area (Å²) in [6.07, 6.45) is 3.26. The minimum atomic E-state index is -0.211. The first kappa shape index (κ1) is 19.6. The van der Waals surface area contributed by atoms with Crippen molar-refractivity contribution in [2.24, 2.45) is 0 Å². The standard InChI is InChI=1S/C21H21BrN2O2S/c1-21(2,3)14-7-8-16-18(12-14)27-20(23-16)24-19(25)10-6-13-5-9-17(26-4)15(22)11-13/h5-12H,1-4H3,(H,23,24,25)/b10-6+. The summed E-state index contributed by atoms with van der Waals surface area (Å²) in [6.45, 7) is 6.54. The largest absolute Gasteiger partial charge is 0.496 e. The van der Waals surface area contributed by atoms with Crippen LogP contribution in [0, 0.1) is 0 Å². The van der Waals surface area contributed by atoms with Gasteiger partial charge in [-0.05, 0) is 62.8 Å². The van der Waals surface area contributed by atoms with E-state index in [-0.39, 0.29) is 11.3 Å². The molecule has 1 N–H and O–H groups in total. The Morgan fingerprint density at radius 3 is 2.67 bits per heavy atom. The van der Waals surface area contributed by atoms with Gasteiger partial charge in [0.2, 0.25) is 5.91 Å². The van der Waals surface area contributed by atoms with Crippen LogP contribution in [0.3, 0.4) is 0 Å². The SMILES string of the molecule is COc1ccc(/C=C/C(=O)Nc2nc3ccc(C(C)(C)C)cc3s2)cc1Br. The van der Waals surface area contributed by atoms with Gasteiger partial charge in [-0.25, -0.2) is 4.98 Å². The van der Waals surface area contributed by atoms with Crippen LogP contribution in [0.4, 0.5) is 5.13 Å². The number of thiazole rings is 1. The molecule has 1 aromatic heterocycles. The van der Waals surface area contributed by atoms with Crippen molar-refractivity contribution in [3.8, 4) is 5.75 Å². The molecule has 6 heteroatoms. The summed E-state index contributed by atoms with van der Waals surface area (Å²) in [5.74, 6) is 0.540. The number of ether oxygens (including phenoxy) is 1. The summed E-state index contributed by atoms with van der Waals surface area (Å²) in [7, 11) is 1.62. The number of benzene rings is 2. The summed E-state index contributed by atoms with van der Waals surface area (Å²) < 4.78 is 7.12. The molecule has 140 valence electrons. The van der Waals surface area contributed by atoms with E-state index in [1.807, 2.05) is 24.3 Å². The Hall–Kier alpha value is -2.18. The lowest BCUT2D eigenvalue weighted by Gasteiger charge is -2.18. The van der Waals surface area contributed by atoms with E-state index in [1.165, 1.54) is 23.0 Å². The van der Waals surface area contributed by atoms with Crippen LogP contribution in [-0.2, 0) is 10.2 Å². The molecular weight excluding hydrogens is 424 g/mol. The van der Waals surface area contributed by atoms with Crippen LogP contribution < -0.4 is 10.1 Å². The Kier molecular flexibility index (Phi) is 5.67. The van der Waals surface area contributed by atoms with Crippen LogP contribution in [-0.4, -0.2) is 18.0 Å². The van der Waals surface area contributed by atoms with Gasteiger partial charge in [-0.15, -0.1) is 0 Å². The number of hydrogen-bond acceptors (Lipinski definition) is 4. The van der Waals surface area contributed by atoms with Crippen LogP contribution in [0.1, 0.15) is 31.9 Å². The average Bonchev–Trinajstić information content (AvgIpc) is 3.00. The minimum absolute atomic E-state index is 0.0803. The second-order valence-electron chi connectivity index (χ2n) is 7.17. The Morgan fingerprint density at radius 2 is 2.00 bits per heavy atom. The summed E-state index contributed by atoms with van der Waals surface area (Å²) in [6, 6.07) is 11.9. The molecule has 0 aliphatic heterocycles. The first-order valence-corrected chi connectivity index (χ1v) is 10.1. The third-order valence-corrected chi connectivity index (χ3v) is 5.64. The van der Waals surface area contributed by atoms with E-state index in [0.717, 1.165) is 26.0 Å². The number of carbonyl (C=O) groups is 1. The van der Waals surface area contributed by atoms with Crippen molar-refractivity contribution in [3.63, 3.8) is 0 Å². The van der Waals surface area contributed by atoms with E-state index < -0.39 is 0 Å². The predicted molar refractivity (Wildman–Crippen MR) is 117 cm³/mol. The van der Waals surface area contributed by atoms with E-state index in [1.54, 1.807) is 13.2 Å². The lowest BCUT2D eigenvalue weighted by atomic mass is 9.87. The molecule has 0 radical (unpaired) electrons. The van der Waals surface area contributed by atoms with Gasteiger partial charge in [-0.2, -0.15) is 0 Å². The zero-order valence-electron chi connectivity index (χ0n) is 15.7. The van der Waals surface area contributed by atoms with Gasteiger partial charge in [0, 0.05) is 6.08 Å². The first-order valence-electron chi connectivity index (χ1n) is 8.50. The number of aromatic nitrogens is 1. The summed E-state index contributed by atoms with van der Waals surface area (Å²) in [5.41, 5.74) is 3.13. The number of rotatable bonds is 4. The molecule has 0 bridgehead atoms. The Labute approximate surface area is 171 Å². The lowest BCUT2D eigenvalue weighted by molar-refractivity contribution is -0.111. The number of methoxy groups -OCH3 is 1. The monoisotopic (exact) mass is 444 g/mol. The zero-order valence-corrected chi connectivity index (χ0v) is 18.1. The fourth-order valence-corrected chi connectivity index (χ4v) is 4.02. The Morgan fingerprint density at radius 1 is 1.22 bits per heavy atom. The van der Waals surface area contributed by atoms with Gasteiger partial charge >= 0.3 is 0 Å². The highest BCUT2D eigenvalue weighted by molar-refractivity contribution is 9.10. The van der Waals surface area contributed by atoms with Gasteiger partial charge in [0.05, 0.1) is 21.8 Å². The van der Waals surface area contributed by atoms with Crippen molar-refractivity contribution < 1.29 is 9.53 Å². The predicted octanol–water partition coefficient (Wildman–Crippen LogP) is 6.02. The quantitative estimate of drug-likeness (QED) is 0.500. The van der Waals surface area contributed by atoms with Crippen molar-refractivity contribution in [2.45, 2.75) is 26.2 Å². The maximum Gasteiger partial charge on any atom is 0.250 e. The van der Waals surface area contributed by atoms with E-state index in [4.69, 9.17) is 4.74 Å². The number of amides is 1. The van der Waals surface area contributed by atoms with Crippen LogP contribution in [0.2, 0.25) is 0 Å². The molecular formula is C21H21BrN2O2S. The molecule has 0 saturated heterocycles. The first-order chi connectivity index (χ1) is 12.8. The molecule has 0 fully saturated rings. The molecule has 1 amide bonds. The number of hydrogen-bond donors (Lipinski definition) is 1. The van der Waals surface area contributed by atoms with Crippen molar-refractivity contribution in [2.75, 3.05) is 12.4 Å². The number of anilines is 1. The topological polar surface area (TPSA) is 51.2 Å². The van der Waals surface area contributed by atoms with Crippen LogP contribution >= 0.6 is 27.3 Å². The molecule has 3 rings (SSSR count). The highest BCUT2D eigenvalue weighted by Crippen LogP contribution is 2.31. The molecule has 3 aromatic rings. The Bertz CT molecular complexity index is 1020. The van der Waals surface area contributed by atoms with Crippen LogP contribution in [0.5, 0.6) is 5.75 Å². The molecule has 0 saturated carbocycles. The summed E-state index contributed by atoms with van der Waals surface area (Å²) in [4.78, 5) is 16.7. The summed E-state index contributed by atoms with van der Waals surface area (Å²) >= 11 is 4.92. The smallest absolute Gasteiger partial charge is 0.250 e. The normalized spacial score (nSPS) is 11.9. The molecule has 0 atom stereocenters. The fraction of sp³-hybridized carbons (Fsp3) is 0.238. The average molecular weight is 445 g/mol. The lowest BCUT2D eigenvalue weighted by Crippen LogP contribution is -2.10. The maximum atomic E-state index is 12.2. The van der Waals surface area contributed by atoms with Crippen molar-refractivity contribution in [1.29, 1.82) is 0 Å². The molecule has 0 aliphatic rings. The molecule has 0 spiro atoms. The Balaban J connectivity index is 1.73. The van der Waals surface area contributed by atoms with Gasteiger partial charge < -0.3 is 4.74 Å². The van der Waals surface area contributed by atoms with Gasteiger partial charge in [0.1, 0.15) is 5.75 Å². The number of nitrogens with one attached hydrogen (secondary N) is 1. The van der Waals surface area contributed by atoms with Gasteiger partial charge in [-0.3, -0.25) is 10.1 Å². The summed E-state index contributed by atoms with van der Waals surface area (Å²) in [5, 5.41) is 3.44. The highest BCUT2D eigenvalue weighted by Gasteiger charge is 2.15. The molecule has 0 aliphatic carbocycles. The second-order valence-corrected chi connectivity index (χ2v) is 9.05. The van der Waals surface area contributed by atoms with Crippen LogP contribution in [0.15, 0.2) is 46.9 Å². The third-order valence-electron chi connectivity index (χ3n) is 4.09. The van der Waals surface area contributed by atoms with E-state index in [9.17, 15) is 4.79 Å². The van der Waals surface area contributed by atoms with Gasteiger partial charge in [-0.1, -0.05) is 44.2 Å². The zero-order chi connectivity index (χ0) is 19.6. The maximum absolute atomic E-state index is 12.2. The number of fused-ring (bicyclic) bond motifs is 1. The second kappa shape index (κ2) is 7.82. The van der Waals surface area contributed by atoms with E-state index in [2.05, 4.69) is 59.1 Å². The van der Waals surface area contributed by atoms with Gasteiger partial charge in [0.15, 0.2) is 5.13 Å². The van der Waals surface area contributed by atoms with E-state index in [0.29, 0.717) is 5.13 Å². The van der Waals surface area contributed by atoms with E-state index >= 15 is 0 Å². The number of halogens is 1. The highest BCUT2D eigenvalue weighted by atomic mass is 79.9. The number of carbonyl (C=O) groups excluding carboxylic acids is 1. The van der Waals surface area contributed by atoms with Gasteiger partial charge in [0.25, 0.3) is 0 Å². The van der Waals surface area contributed by atoms with Crippen LogP contribution in [0.25, 0.3) is 16.3 Å². The molecule has 2 aromatic carbocycles. The van der Waals surface area contributed by atoms with Crippen molar-refractivity contribution >= 4 is 54.6 Å². The minimum Gasteiger partial charge on any atom is -0.496 e. The molecule has 4 nitrogen and oxygen atoms in total. The van der Waals surface area contributed by atoms with Crippen molar-refractivity contribution in [3.05, 3.63) is 58.1 Å². The molecule has 27 heavy (non-hydrogen) atoms. The number of nitrogens with zero attached hydrogens (tertiary/aromatic N) is 1. The van der Waals surface area contributed by atoms with Crippen molar-refractivity contribution in [1.82, 2.24) is 4.98 Å². The molecule has 0 unspecified atom stereocenters. The molecule has 1 heterocycles. The fourth-order valence-electron chi connectivity index (χ4n) is 2.55.